The van der Waals surface area contributed by atoms with E-state index in [4.69, 9.17) is 11.6 Å². The molecular formula is C14H8ClN3O3S2. The van der Waals surface area contributed by atoms with Gasteiger partial charge in [0.15, 0.2) is 0 Å². The van der Waals surface area contributed by atoms with Gasteiger partial charge < -0.3 is 5.32 Å². The van der Waals surface area contributed by atoms with Crippen molar-refractivity contribution < 1.29 is 9.72 Å². The first-order valence-corrected chi connectivity index (χ1v) is 8.48. The average molecular weight is 366 g/mol. The van der Waals surface area contributed by atoms with Gasteiger partial charge in [-0.2, -0.15) is 11.3 Å². The third-order valence-corrected chi connectivity index (χ3v) is 4.80. The summed E-state index contributed by atoms with van der Waals surface area (Å²) in [5.74, 6) is -0.431. The van der Waals surface area contributed by atoms with Crippen LogP contribution in [0.4, 0.5) is 11.4 Å². The Labute approximate surface area is 143 Å². The molecule has 0 saturated heterocycles. The number of nitrogens with zero attached hydrogens (tertiary/aromatic N) is 2. The fraction of sp³-hybridized carbons (Fsp3) is 0. The van der Waals surface area contributed by atoms with Gasteiger partial charge in [0.05, 0.1) is 4.92 Å². The molecule has 116 valence electrons. The van der Waals surface area contributed by atoms with E-state index in [1.54, 1.807) is 16.7 Å². The highest BCUT2D eigenvalue weighted by Crippen LogP contribution is 2.28. The third kappa shape index (κ3) is 3.39. The van der Waals surface area contributed by atoms with Gasteiger partial charge >= 0.3 is 0 Å². The number of benzene rings is 1. The summed E-state index contributed by atoms with van der Waals surface area (Å²) in [6.07, 6.45) is 0. The number of thiazole rings is 1. The molecule has 6 nitrogen and oxygen atoms in total. The maximum absolute atomic E-state index is 12.2. The van der Waals surface area contributed by atoms with Crippen LogP contribution in [0.2, 0.25) is 5.02 Å². The van der Waals surface area contributed by atoms with Gasteiger partial charge in [0.2, 0.25) is 0 Å². The van der Waals surface area contributed by atoms with Crippen molar-refractivity contribution >= 4 is 51.6 Å². The second kappa shape index (κ2) is 6.45. The van der Waals surface area contributed by atoms with Crippen molar-refractivity contribution in [3.05, 3.63) is 61.2 Å². The lowest BCUT2D eigenvalue weighted by molar-refractivity contribution is -0.384. The molecule has 0 radical (unpaired) electrons. The predicted octanol–water partition coefficient (Wildman–Crippen LogP) is 4.69. The molecule has 1 N–H and O–H groups in total. The van der Waals surface area contributed by atoms with E-state index in [0.29, 0.717) is 0 Å². The van der Waals surface area contributed by atoms with E-state index in [1.165, 1.54) is 29.5 Å². The Balaban J connectivity index is 1.80. The zero-order chi connectivity index (χ0) is 16.4. The van der Waals surface area contributed by atoms with Gasteiger partial charge in [0, 0.05) is 28.1 Å². The Bertz CT molecular complexity index is 877. The summed E-state index contributed by atoms with van der Waals surface area (Å²) >= 11 is 8.65. The number of anilines is 1. The van der Waals surface area contributed by atoms with Gasteiger partial charge in [-0.3, -0.25) is 14.9 Å². The molecule has 0 atom stereocenters. The first-order chi connectivity index (χ1) is 11.0. The molecule has 23 heavy (non-hydrogen) atoms. The van der Waals surface area contributed by atoms with E-state index in [9.17, 15) is 14.9 Å². The summed E-state index contributed by atoms with van der Waals surface area (Å²) in [6, 6.07) is 6.01. The van der Waals surface area contributed by atoms with E-state index >= 15 is 0 Å². The maximum Gasteiger partial charge on any atom is 0.289 e. The molecule has 3 aromatic rings. The van der Waals surface area contributed by atoms with Crippen molar-refractivity contribution in [1.82, 2.24) is 4.98 Å². The number of carbonyl (C=O) groups excluding carboxylic acids is 1. The lowest BCUT2D eigenvalue weighted by atomic mass is 10.2. The molecule has 0 unspecified atom stereocenters. The number of aromatic nitrogens is 1. The van der Waals surface area contributed by atoms with Crippen LogP contribution in [-0.2, 0) is 0 Å². The number of thiophene rings is 1. The number of carbonyl (C=O) groups is 1. The highest BCUT2D eigenvalue weighted by Gasteiger charge is 2.16. The molecule has 2 aromatic heterocycles. The molecular weight excluding hydrogens is 358 g/mol. The first-order valence-electron chi connectivity index (χ1n) is 6.28. The Kier molecular flexibility index (Phi) is 4.37. The van der Waals surface area contributed by atoms with Crippen molar-refractivity contribution in [3.8, 4) is 10.6 Å². The van der Waals surface area contributed by atoms with Crippen molar-refractivity contribution in [1.29, 1.82) is 0 Å². The second-order valence-corrected chi connectivity index (χ2v) is 6.47. The maximum atomic E-state index is 12.2. The number of amides is 1. The van der Waals surface area contributed by atoms with Crippen LogP contribution in [-0.4, -0.2) is 15.8 Å². The highest BCUT2D eigenvalue weighted by atomic mass is 35.5. The van der Waals surface area contributed by atoms with E-state index in [-0.39, 0.29) is 22.1 Å². The van der Waals surface area contributed by atoms with Gasteiger partial charge in [-0.05, 0) is 23.6 Å². The molecule has 0 aliphatic carbocycles. The summed E-state index contributed by atoms with van der Waals surface area (Å²) in [4.78, 5) is 26.7. The van der Waals surface area contributed by atoms with E-state index in [2.05, 4.69) is 10.3 Å². The van der Waals surface area contributed by atoms with Crippen molar-refractivity contribution in [3.63, 3.8) is 0 Å². The van der Waals surface area contributed by atoms with E-state index in [0.717, 1.165) is 10.6 Å². The Morgan fingerprint density at radius 1 is 1.30 bits per heavy atom. The zero-order valence-electron chi connectivity index (χ0n) is 11.4. The lowest BCUT2D eigenvalue weighted by Crippen LogP contribution is -2.12. The summed E-state index contributed by atoms with van der Waals surface area (Å²) < 4.78 is 0. The van der Waals surface area contributed by atoms with Crippen molar-refractivity contribution in [2.24, 2.45) is 0 Å². The van der Waals surface area contributed by atoms with Crippen LogP contribution >= 0.6 is 34.3 Å². The largest absolute Gasteiger partial charge is 0.320 e. The normalized spacial score (nSPS) is 10.5. The Morgan fingerprint density at radius 3 is 2.83 bits per heavy atom. The number of nitrogens with one attached hydrogen (secondary N) is 1. The van der Waals surface area contributed by atoms with E-state index < -0.39 is 10.8 Å². The predicted molar refractivity (Wildman–Crippen MR) is 91.5 cm³/mol. The minimum atomic E-state index is -0.602. The van der Waals surface area contributed by atoms with Crippen LogP contribution in [0.15, 0.2) is 40.4 Å². The molecule has 3 rings (SSSR count). The number of rotatable bonds is 4. The molecule has 9 heteroatoms. The Hall–Kier alpha value is -2.29. The monoisotopic (exact) mass is 365 g/mol. The SMILES string of the molecule is O=C(Nc1ccc(Cl)c([N+](=O)[O-])c1)c1csc(-c2ccsc2)n1. The standard InChI is InChI=1S/C14H8ClN3O3S2/c15-10-2-1-9(5-12(10)18(20)21)16-13(19)11-7-23-14(17-11)8-3-4-22-6-8/h1-7H,(H,16,19). The summed E-state index contributed by atoms with van der Waals surface area (Å²) in [6.45, 7) is 0. The van der Waals surface area contributed by atoms with Crippen LogP contribution in [0.3, 0.4) is 0 Å². The molecule has 0 aliphatic rings. The lowest BCUT2D eigenvalue weighted by Gasteiger charge is -2.03. The molecule has 0 spiro atoms. The Morgan fingerprint density at radius 2 is 2.13 bits per heavy atom. The fourth-order valence-corrected chi connectivity index (χ4v) is 3.52. The highest BCUT2D eigenvalue weighted by molar-refractivity contribution is 7.14. The molecule has 0 bridgehead atoms. The van der Waals surface area contributed by atoms with Gasteiger partial charge in [-0.25, -0.2) is 4.98 Å². The molecule has 1 aromatic carbocycles. The van der Waals surface area contributed by atoms with Gasteiger partial charge in [0.25, 0.3) is 11.6 Å². The molecule has 0 aliphatic heterocycles. The number of halogens is 1. The van der Waals surface area contributed by atoms with Gasteiger partial charge in [-0.15, -0.1) is 11.3 Å². The second-order valence-electron chi connectivity index (χ2n) is 4.43. The first kappa shape index (κ1) is 15.6. The zero-order valence-corrected chi connectivity index (χ0v) is 13.7. The summed E-state index contributed by atoms with van der Waals surface area (Å²) in [5, 5.41) is 19.7. The van der Waals surface area contributed by atoms with Crippen molar-refractivity contribution in [2.45, 2.75) is 0 Å². The van der Waals surface area contributed by atoms with Crippen LogP contribution in [0.5, 0.6) is 0 Å². The third-order valence-electron chi connectivity index (χ3n) is 2.91. The summed E-state index contributed by atoms with van der Waals surface area (Å²) in [7, 11) is 0. The van der Waals surface area contributed by atoms with E-state index in [1.807, 2.05) is 16.8 Å². The molecule has 0 fully saturated rings. The topological polar surface area (TPSA) is 85.1 Å². The van der Waals surface area contributed by atoms with Gasteiger partial charge in [-0.1, -0.05) is 11.6 Å². The summed E-state index contributed by atoms with van der Waals surface area (Å²) in [5.41, 5.74) is 1.24. The van der Waals surface area contributed by atoms with Crippen LogP contribution in [0.1, 0.15) is 10.5 Å². The van der Waals surface area contributed by atoms with Crippen molar-refractivity contribution in [2.75, 3.05) is 5.32 Å². The van der Waals surface area contributed by atoms with Gasteiger partial charge in [0.1, 0.15) is 15.7 Å². The smallest absolute Gasteiger partial charge is 0.289 e. The fourth-order valence-electron chi connectivity index (χ4n) is 1.82. The number of hydrogen-bond acceptors (Lipinski definition) is 6. The van der Waals surface area contributed by atoms with Crippen LogP contribution < -0.4 is 5.32 Å². The minimum absolute atomic E-state index is 0.0152. The number of nitro groups is 1. The molecule has 1 amide bonds. The number of nitro benzene ring substituents is 1. The minimum Gasteiger partial charge on any atom is -0.320 e. The quantitative estimate of drug-likeness (QED) is 0.537. The van der Waals surface area contributed by atoms with Crippen LogP contribution in [0, 0.1) is 10.1 Å². The average Bonchev–Trinajstić information content (AvgIpc) is 3.19. The van der Waals surface area contributed by atoms with Crippen LogP contribution in [0.25, 0.3) is 10.6 Å². The number of hydrogen-bond donors (Lipinski definition) is 1. The molecule has 0 saturated carbocycles. The molecule has 2 heterocycles.